The Morgan fingerprint density at radius 2 is 2.13 bits per heavy atom. The van der Waals surface area contributed by atoms with E-state index in [1.807, 2.05) is 0 Å². The molecular weight excluding hydrogens is 326 g/mol. The number of halogens is 2. The molecule has 1 saturated heterocycles. The van der Waals surface area contributed by atoms with Gasteiger partial charge >= 0.3 is 0 Å². The first-order chi connectivity index (χ1) is 10.9. The monoisotopic (exact) mass is 348 g/mol. The van der Waals surface area contributed by atoms with Crippen LogP contribution in [0.4, 0.5) is 8.78 Å². The van der Waals surface area contributed by atoms with Crippen molar-refractivity contribution in [3.05, 3.63) is 35.4 Å². The van der Waals surface area contributed by atoms with Crippen molar-refractivity contribution >= 4 is 10.2 Å². The van der Waals surface area contributed by atoms with Crippen LogP contribution in [0.1, 0.15) is 24.3 Å². The highest BCUT2D eigenvalue weighted by Crippen LogP contribution is 2.30. The van der Waals surface area contributed by atoms with Gasteiger partial charge in [-0.2, -0.15) is 17.0 Å². The SMILES string of the molecule is COCCN(C)S(=O)(=O)N1CCCC(c2cc(F)ccc2F)C1. The molecular formula is C15H22F2N2O3S. The maximum Gasteiger partial charge on any atom is 0.281 e. The molecule has 0 bridgehead atoms. The van der Waals surface area contributed by atoms with Gasteiger partial charge in [-0.05, 0) is 36.6 Å². The molecule has 1 unspecified atom stereocenters. The number of methoxy groups -OCH3 is 1. The molecule has 5 nitrogen and oxygen atoms in total. The van der Waals surface area contributed by atoms with Crippen LogP contribution in [0, 0.1) is 11.6 Å². The Morgan fingerprint density at radius 3 is 2.83 bits per heavy atom. The number of benzene rings is 1. The second-order valence-corrected chi connectivity index (χ2v) is 7.72. The summed E-state index contributed by atoms with van der Waals surface area (Å²) in [7, 11) is -0.637. The van der Waals surface area contributed by atoms with E-state index < -0.39 is 21.8 Å². The zero-order valence-corrected chi connectivity index (χ0v) is 14.2. The van der Waals surface area contributed by atoms with Gasteiger partial charge in [0.1, 0.15) is 11.6 Å². The third-order valence-corrected chi connectivity index (χ3v) is 6.07. The molecule has 0 radical (unpaired) electrons. The van der Waals surface area contributed by atoms with Crippen molar-refractivity contribution in [3.63, 3.8) is 0 Å². The fraction of sp³-hybridized carbons (Fsp3) is 0.600. The Balaban J connectivity index is 2.15. The molecule has 0 saturated carbocycles. The average molecular weight is 348 g/mol. The fourth-order valence-corrected chi connectivity index (χ4v) is 4.19. The Hall–Kier alpha value is -1.09. The molecule has 23 heavy (non-hydrogen) atoms. The first kappa shape index (κ1) is 18.3. The number of rotatable bonds is 6. The molecule has 1 fully saturated rings. The number of nitrogens with zero attached hydrogens (tertiary/aromatic N) is 2. The van der Waals surface area contributed by atoms with Gasteiger partial charge in [-0.3, -0.25) is 0 Å². The smallest absolute Gasteiger partial charge is 0.281 e. The molecule has 0 aromatic heterocycles. The van der Waals surface area contributed by atoms with Crippen molar-refractivity contribution in [3.8, 4) is 0 Å². The molecule has 1 aromatic rings. The van der Waals surface area contributed by atoms with E-state index >= 15 is 0 Å². The molecule has 1 heterocycles. The summed E-state index contributed by atoms with van der Waals surface area (Å²) >= 11 is 0. The minimum atomic E-state index is -3.63. The molecule has 1 aliphatic heterocycles. The standard InChI is InChI=1S/C15H22F2N2O3S/c1-18(8-9-22-2)23(20,21)19-7-3-4-12(11-19)14-10-13(16)5-6-15(14)17/h5-6,10,12H,3-4,7-9,11H2,1-2H3. The summed E-state index contributed by atoms with van der Waals surface area (Å²) < 4.78 is 59.9. The lowest BCUT2D eigenvalue weighted by Crippen LogP contribution is -2.47. The van der Waals surface area contributed by atoms with Crippen molar-refractivity contribution in [2.75, 3.05) is 40.4 Å². The third kappa shape index (κ3) is 4.26. The van der Waals surface area contributed by atoms with Crippen LogP contribution >= 0.6 is 0 Å². The highest BCUT2D eigenvalue weighted by atomic mass is 32.2. The van der Waals surface area contributed by atoms with Gasteiger partial charge in [0, 0.05) is 39.7 Å². The summed E-state index contributed by atoms with van der Waals surface area (Å²) in [5.74, 6) is -1.35. The summed E-state index contributed by atoms with van der Waals surface area (Å²) in [5.41, 5.74) is 0.240. The maximum absolute atomic E-state index is 13.9. The second kappa shape index (κ2) is 7.65. The van der Waals surface area contributed by atoms with E-state index in [2.05, 4.69) is 0 Å². The lowest BCUT2D eigenvalue weighted by atomic mass is 9.91. The number of likely N-dealkylation sites (N-methyl/N-ethyl adjacent to an activating group) is 1. The Kier molecular flexibility index (Phi) is 6.07. The molecule has 0 amide bonds. The number of ether oxygens (including phenoxy) is 1. The molecule has 0 aliphatic carbocycles. The largest absolute Gasteiger partial charge is 0.383 e. The zero-order chi connectivity index (χ0) is 17.0. The van der Waals surface area contributed by atoms with Gasteiger partial charge < -0.3 is 4.74 Å². The lowest BCUT2D eigenvalue weighted by molar-refractivity contribution is 0.181. The van der Waals surface area contributed by atoms with Crippen molar-refractivity contribution in [1.82, 2.24) is 8.61 Å². The highest BCUT2D eigenvalue weighted by molar-refractivity contribution is 7.86. The number of hydrogen-bond donors (Lipinski definition) is 0. The predicted molar refractivity (Wildman–Crippen MR) is 83.3 cm³/mol. The van der Waals surface area contributed by atoms with Crippen molar-refractivity contribution in [2.24, 2.45) is 0 Å². The fourth-order valence-electron chi connectivity index (χ4n) is 2.77. The predicted octanol–water partition coefficient (Wildman–Crippen LogP) is 1.97. The first-order valence-electron chi connectivity index (χ1n) is 7.51. The van der Waals surface area contributed by atoms with E-state index in [1.54, 1.807) is 0 Å². The Labute approximate surface area is 136 Å². The van der Waals surface area contributed by atoms with Crippen LogP contribution in [-0.4, -0.2) is 57.4 Å². The minimum Gasteiger partial charge on any atom is -0.383 e. The van der Waals surface area contributed by atoms with Crippen LogP contribution in [-0.2, 0) is 14.9 Å². The van der Waals surface area contributed by atoms with E-state index in [9.17, 15) is 17.2 Å². The minimum absolute atomic E-state index is 0.153. The summed E-state index contributed by atoms with van der Waals surface area (Å²) in [6.45, 7) is 1.08. The van der Waals surface area contributed by atoms with E-state index in [4.69, 9.17) is 4.74 Å². The summed E-state index contributed by atoms with van der Waals surface area (Å²) in [6.07, 6.45) is 1.24. The molecule has 8 heteroatoms. The summed E-state index contributed by atoms with van der Waals surface area (Å²) in [5, 5.41) is 0. The molecule has 2 rings (SSSR count). The lowest BCUT2D eigenvalue weighted by Gasteiger charge is -2.34. The van der Waals surface area contributed by atoms with Gasteiger partial charge in [-0.15, -0.1) is 0 Å². The molecule has 1 atom stereocenters. The van der Waals surface area contributed by atoms with Crippen LogP contribution in [0.5, 0.6) is 0 Å². The third-order valence-electron chi connectivity index (χ3n) is 4.11. The summed E-state index contributed by atoms with van der Waals surface area (Å²) in [4.78, 5) is 0. The first-order valence-corrected chi connectivity index (χ1v) is 8.91. The van der Waals surface area contributed by atoms with E-state index in [1.165, 1.54) is 22.8 Å². The highest BCUT2D eigenvalue weighted by Gasteiger charge is 2.33. The number of piperidine rings is 1. The quantitative estimate of drug-likeness (QED) is 0.790. The molecule has 1 aromatic carbocycles. The van der Waals surface area contributed by atoms with Gasteiger partial charge in [0.15, 0.2) is 0 Å². The Bertz CT molecular complexity index is 640. The van der Waals surface area contributed by atoms with Crippen LogP contribution in [0.3, 0.4) is 0 Å². The van der Waals surface area contributed by atoms with E-state index in [0.717, 1.165) is 18.2 Å². The second-order valence-electron chi connectivity index (χ2n) is 5.69. The molecule has 1 aliphatic rings. The van der Waals surface area contributed by atoms with Crippen LogP contribution in [0.2, 0.25) is 0 Å². The van der Waals surface area contributed by atoms with Gasteiger partial charge in [0.05, 0.1) is 6.61 Å². The molecule has 0 N–H and O–H groups in total. The van der Waals surface area contributed by atoms with Crippen molar-refractivity contribution < 1.29 is 21.9 Å². The van der Waals surface area contributed by atoms with Crippen LogP contribution < -0.4 is 0 Å². The van der Waals surface area contributed by atoms with Gasteiger partial charge in [-0.1, -0.05) is 0 Å². The Morgan fingerprint density at radius 1 is 1.39 bits per heavy atom. The van der Waals surface area contributed by atoms with E-state index in [-0.39, 0.29) is 24.6 Å². The van der Waals surface area contributed by atoms with Gasteiger partial charge in [-0.25, -0.2) is 8.78 Å². The van der Waals surface area contributed by atoms with Crippen LogP contribution in [0.25, 0.3) is 0 Å². The molecule has 0 spiro atoms. The topological polar surface area (TPSA) is 49.9 Å². The average Bonchev–Trinajstić information content (AvgIpc) is 2.54. The van der Waals surface area contributed by atoms with Gasteiger partial charge in [0.25, 0.3) is 10.2 Å². The van der Waals surface area contributed by atoms with E-state index in [0.29, 0.717) is 26.0 Å². The maximum atomic E-state index is 13.9. The summed E-state index contributed by atoms with van der Waals surface area (Å²) in [6, 6.07) is 3.31. The number of hydrogen-bond acceptors (Lipinski definition) is 3. The van der Waals surface area contributed by atoms with Crippen molar-refractivity contribution in [1.29, 1.82) is 0 Å². The molecule has 130 valence electrons. The zero-order valence-electron chi connectivity index (χ0n) is 13.3. The van der Waals surface area contributed by atoms with Gasteiger partial charge in [0.2, 0.25) is 0 Å². The van der Waals surface area contributed by atoms with Crippen LogP contribution in [0.15, 0.2) is 18.2 Å². The normalized spacial score (nSPS) is 20.1. The van der Waals surface area contributed by atoms with Crippen molar-refractivity contribution in [2.45, 2.75) is 18.8 Å².